The first kappa shape index (κ1) is 21.5. The van der Waals surface area contributed by atoms with Gasteiger partial charge in [0, 0.05) is 36.0 Å². The Balaban J connectivity index is 1.34. The van der Waals surface area contributed by atoms with Crippen LogP contribution in [-0.2, 0) is 17.6 Å². The van der Waals surface area contributed by atoms with Gasteiger partial charge in [0.15, 0.2) is 6.10 Å². The maximum atomic E-state index is 13.3. The van der Waals surface area contributed by atoms with E-state index in [-0.39, 0.29) is 17.5 Å². The van der Waals surface area contributed by atoms with Crippen LogP contribution in [0.2, 0.25) is 0 Å². The fraction of sp³-hybridized carbons (Fsp3) is 0.615. The molecular weight excluding hydrogens is 406 g/mol. The average Bonchev–Trinajstić information content (AvgIpc) is 2.81. The molecule has 1 N–H and O–H groups in total. The van der Waals surface area contributed by atoms with Crippen molar-refractivity contribution < 1.29 is 19.1 Å². The molecule has 0 radical (unpaired) electrons. The Bertz CT molecular complexity index is 1080. The van der Waals surface area contributed by atoms with Gasteiger partial charge in [-0.05, 0) is 69.1 Å². The van der Waals surface area contributed by atoms with Crippen LogP contribution >= 0.6 is 0 Å². The minimum atomic E-state index is -0.605. The van der Waals surface area contributed by atoms with Crippen LogP contribution in [0.4, 0.5) is 0 Å². The molecule has 1 amide bonds. The molecule has 1 aromatic carbocycles. The van der Waals surface area contributed by atoms with E-state index in [1.165, 1.54) is 0 Å². The summed E-state index contributed by atoms with van der Waals surface area (Å²) in [7, 11) is 0. The van der Waals surface area contributed by atoms with Crippen molar-refractivity contribution in [3.8, 4) is 5.75 Å². The van der Waals surface area contributed by atoms with E-state index < -0.39 is 11.7 Å². The number of aliphatic hydroxyl groups is 1. The molecule has 6 nitrogen and oxygen atoms in total. The van der Waals surface area contributed by atoms with Gasteiger partial charge in [0.1, 0.15) is 11.3 Å². The summed E-state index contributed by atoms with van der Waals surface area (Å²) < 4.78 is 11.7. The smallest absolute Gasteiger partial charge is 0.339 e. The van der Waals surface area contributed by atoms with Crippen LogP contribution in [-0.4, -0.2) is 40.7 Å². The zero-order chi connectivity index (χ0) is 22.3. The van der Waals surface area contributed by atoms with E-state index in [1.807, 2.05) is 24.0 Å². The number of hydrogen-bond acceptors (Lipinski definition) is 5. The van der Waals surface area contributed by atoms with Crippen LogP contribution in [0.1, 0.15) is 69.4 Å². The topological polar surface area (TPSA) is 80.0 Å². The number of carbonyl (C=O) groups is 1. The van der Waals surface area contributed by atoms with Crippen molar-refractivity contribution in [2.75, 3.05) is 13.1 Å². The van der Waals surface area contributed by atoms with E-state index >= 15 is 0 Å². The molecule has 1 aliphatic heterocycles. The first-order valence-electron chi connectivity index (χ1n) is 12.2. The molecule has 2 heterocycles. The van der Waals surface area contributed by atoms with Crippen molar-refractivity contribution in [1.82, 2.24) is 4.90 Å². The van der Waals surface area contributed by atoms with Crippen molar-refractivity contribution in [3.05, 3.63) is 39.7 Å². The van der Waals surface area contributed by atoms with Crippen molar-refractivity contribution in [1.29, 1.82) is 0 Å². The summed E-state index contributed by atoms with van der Waals surface area (Å²) in [5.74, 6) is 0.683. The Morgan fingerprint density at radius 3 is 2.84 bits per heavy atom. The third kappa shape index (κ3) is 3.83. The van der Waals surface area contributed by atoms with Crippen LogP contribution in [0.25, 0.3) is 11.0 Å². The maximum Gasteiger partial charge on any atom is 0.339 e. The summed E-state index contributed by atoms with van der Waals surface area (Å²) in [6, 6.07) is 5.58. The van der Waals surface area contributed by atoms with Gasteiger partial charge in [0.25, 0.3) is 5.91 Å². The van der Waals surface area contributed by atoms with Crippen LogP contribution in [0.15, 0.2) is 27.4 Å². The van der Waals surface area contributed by atoms with Gasteiger partial charge in [-0.2, -0.15) is 0 Å². The van der Waals surface area contributed by atoms with E-state index in [9.17, 15) is 14.7 Å². The van der Waals surface area contributed by atoms with E-state index in [2.05, 4.69) is 0 Å². The highest BCUT2D eigenvalue weighted by Crippen LogP contribution is 2.40. The molecule has 0 spiro atoms. The standard InChI is InChI=1S/C26H33NO5/c1-2-22(24(28)27-14-13-26(30)12-6-5-7-17(26)16-27)31-18-10-11-20-19-8-3-4-9-21(19)25(29)32-23(20)15-18/h10-11,15,17,22,30H,2-9,12-14,16H2,1H3/t17-,22+,26+/m0/s1. The number of benzene rings is 1. The normalized spacial score (nSPS) is 26.3. The SMILES string of the molecule is CC[C@@H](Oc1ccc2c3c(c(=O)oc2c1)CCCC3)C(=O)N1CC[C@]2(O)CCCC[C@H]2C1. The summed E-state index contributed by atoms with van der Waals surface area (Å²) in [6.07, 6.45) is 8.42. The lowest BCUT2D eigenvalue weighted by molar-refractivity contribution is -0.150. The van der Waals surface area contributed by atoms with Crippen LogP contribution in [0.5, 0.6) is 5.75 Å². The highest BCUT2D eigenvalue weighted by atomic mass is 16.5. The first-order chi connectivity index (χ1) is 15.5. The monoisotopic (exact) mass is 439 g/mol. The Hall–Kier alpha value is -2.34. The van der Waals surface area contributed by atoms with Crippen molar-refractivity contribution in [2.45, 2.75) is 82.8 Å². The van der Waals surface area contributed by atoms with Crippen LogP contribution in [0, 0.1) is 5.92 Å². The van der Waals surface area contributed by atoms with Gasteiger partial charge < -0.3 is 19.2 Å². The third-order valence-electron chi connectivity index (χ3n) is 7.86. The summed E-state index contributed by atoms with van der Waals surface area (Å²) >= 11 is 0. The Morgan fingerprint density at radius 1 is 1.22 bits per heavy atom. The average molecular weight is 440 g/mol. The zero-order valence-electron chi connectivity index (χ0n) is 18.9. The van der Waals surface area contributed by atoms with E-state index in [1.54, 1.807) is 6.07 Å². The molecule has 6 heteroatoms. The summed E-state index contributed by atoms with van der Waals surface area (Å²) in [5.41, 5.74) is 1.59. The molecule has 0 unspecified atom stereocenters. The molecule has 3 aliphatic rings. The van der Waals surface area contributed by atoms with Gasteiger partial charge in [0.2, 0.25) is 0 Å². The van der Waals surface area contributed by atoms with Gasteiger partial charge in [-0.15, -0.1) is 0 Å². The second-order valence-electron chi connectivity index (χ2n) is 9.81. The van der Waals surface area contributed by atoms with Crippen LogP contribution in [0.3, 0.4) is 0 Å². The molecule has 172 valence electrons. The highest BCUT2D eigenvalue weighted by molar-refractivity contribution is 5.84. The minimum absolute atomic E-state index is 0.0212. The quantitative estimate of drug-likeness (QED) is 0.729. The van der Waals surface area contributed by atoms with Gasteiger partial charge in [0.05, 0.1) is 5.60 Å². The molecule has 5 rings (SSSR count). The number of fused-ring (bicyclic) bond motifs is 4. The van der Waals surface area contributed by atoms with Gasteiger partial charge in [-0.3, -0.25) is 4.79 Å². The Labute approximate surface area is 188 Å². The molecule has 2 fully saturated rings. The lowest BCUT2D eigenvalue weighted by atomic mass is 9.71. The number of likely N-dealkylation sites (tertiary alicyclic amines) is 1. The summed E-state index contributed by atoms with van der Waals surface area (Å²) in [5, 5.41) is 11.9. The highest BCUT2D eigenvalue weighted by Gasteiger charge is 2.44. The number of carbonyl (C=O) groups excluding carboxylic acids is 1. The lowest BCUT2D eigenvalue weighted by Gasteiger charge is -2.47. The number of aryl methyl sites for hydroxylation is 1. The Morgan fingerprint density at radius 2 is 2.03 bits per heavy atom. The van der Waals surface area contributed by atoms with E-state index in [0.717, 1.165) is 67.9 Å². The molecule has 1 aromatic heterocycles. The fourth-order valence-electron chi connectivity index (χ4n) is 5.95. The number of nitrogens with zero attached hydrogens (tertiary/aromatic N) is 1. The number of hydrogen-bond donors (Lipinski definition) is 1. The zero-order valence-corrected chi connectivity index (χ0v) is 18.9. The predicted octanol–water partition coefficient (Wildman–Crippen LogP) is 3.98. The third-order valence-corrected chi connectivity index (χ3v) is 7.86. The molecule has 0 bridgehead atoms. The molecule has 3 atom stereocenters. The Kier molecular flexibility index (Phi) is 5.74. The van der Waals surface area contributed by atoms with E-state index in [4.69, 9.17) is 9.15 Å². The van der Waals surface area contributed by atoms with E-state index in [0.29, 0.717) is 37.3 Å². The van der Waals surface area contributed by atoms with Gasteiger partial charge in [-0.25, -0.2) is 4.79 Å². The summed E-state index contributed by atoms with van der Waals surface area (Å²) in [4.78, 5) is 27.6. The van der Waals surface area contributed by atoms with Gasteiger partial charge >= 0.3 is 5.63 Å². The molecule has 1 saturated carbocycles. The fourth-order valence-corrected chi connectivity index (χ4v) is 5.95. The largest absolute Gasteiger partial charge is 0.480 e. The minimum Gasteiger partial charge on any atom is -0.480 e. The van der Waals surface area contributed by atoms with Crippen molar-refractivity contribution >= 4 is 16.9 Å². The molecular formula is C26H33NO5. The van der Waals surface area contributed by atoms with Crippen molar-refractivity contribution in [2.24, 2.45) is 5.92 Å². The summed E-state index contributed by atoms with van der Waals surface area (Å²) in [6.45, 7) is 3.12. The van der Waals surface area contributed by atoms with Gasteiger partial charge in [-0.1, -0.05) is 19.8 Å². The lowest BCUT2D eigenvalue weighted by Crippen LogP contribution is -2.56. The van der Waals surface area contributed by atoms with Crippen molar-refractivity contribution in [3.63, 3.8) is 0 Å². The van der Waals surface area contributed by atoms with Crippen LogP contribution < -0.4 is 10.4 Å². The molecule has 2 aromatic rings. The number of piperidine rings is 1. The second-order valence-corrected chi connectivity index (χ2v) is 9.81. The number of amides is 1. The molecule has 32 heavy (non-hydrogen) atoms. The number of rotatable bonds is 4. The maximum absolute atomic E-state index is 13.3. The second kappa shape index (κ2) is 8.54. The molecule has 1 saturated heterocycles. The first-order valence-corrected chi connectivity index (χ1v) is 12.2. The predicted molar refractivity (Wildman–Crippen MR) is 122 cm³/mol. The number of ether oxygens (including phenoxy) is 1. The molecule has 2 aliphatic carbocycles.